The Labute approximate surface area is 101 Å². The third kappa shape index (κ3) is 5.14. The molecule has 0 amide bonds. The predicted molar refractivity (Wildman–Crippen MR) is 65.9 cm³/mol. The molecule has 6 nitrogen and oxygen atoms in total. The van der Waals surface area contributed by atoms with E-state index >= 15 is 0 Å². The highest BCUT2D eigenvalue weighted by molar-refractivity contribution is 5.69. The largest absolute Gasteiger partial charge is 0.469 e. The molecule has 6 heteroatoms. The molecule has 0 atom stereocenters. The van der Waals surface area contributed by atoms with Gasteiger partial charge in [-0.05, 0) is 12.5 Å². The van der Waals surface area contributed by atoms with E-state index in [2.05, 4.69) is 32.3 Å². The zero-order valence-electron chi connectivity index (χ0n) is 10.2. The summed E-state index contributed by atoms with van der Waals surface area (Å²) < 4.78 is 4.54. The molecule has 0 radical (unpaired) electrons. The van der Waals surface area contributed by atoms with Crippen molar-refractivity contribution >= 4 is 17.7 Å². The minimum absolute atomic E-state index is 0.240. The van der Waals surface area contributed by atoms with Crippen molar-refractivity contribution < 1.29 is 9.53 Å². The third-order valence-corrected chi connectivity index (χ3v) is 2.05. The smallest absolute Gasteiger partial charge is 0.307 e. The third-order valence-electron chi connectivity index (χ3n) is 2.05. The molecule has 0 saturated heterocycles. The zero-order valence-corrected chi connectivity index (χ0v) is 10.2. The number of nitrogens with one attached hydrogen (secondary N) is 2. The molecule has 0 aromatic carbocycles. The Bertz CT molecular complexity index is 357. The van der Waals surface area contributed by atoms with Gasteiger partial charge in [0.05, 0.1) is 13.5 Å². The molecule has 0 spiro atoms. The van der Waals surface area contributed by atoms with Gasteiger partial charge in [0, 0.05) is 19.3 Å². The summed E-state index contributed by atoms with van der Waals surface area (Å²) in [5.74, 6) is 1.05. The minimum atomic E-state index is -0.240. The lowest BCUT2D eigenvalue weighted by Crippen LogP contribution is -2.11. The van der Waals surface area contributed by atoms with Crippen molar-refractivity contribution in [1.29, 1.82) is 0 Å². The molecule has 0 aliphatic rings. The summed E-state index contributed by atoms with van der Waals surface area (Å²) in [5.41, 5.74) is 0. The normalized spacial score (nSPS) is 9.76. The number of aromatic nitrogens is 2. The van der Waals surface area contributed by atoms with E-state index in [9.17, 15) is 4.79 Å². The molecule has 1 rings (SSSR count). The van der Waals surface area contributed by atoms with Crippen molar-refractivity contribution in [3.63, 3.8) is 0 Å². The van der Waals surface area contributed by atoms with Crippen molar-refractivity contribution in [1.82, 2.24) is 9.97 Å². The Balaban J connectivity index is 2.40. The maximum Gasteiger partial charge on any atom is 0.307 e. The van der Waals surface area contributed by atoms with E-state index < -0.39 is 0 Å². The van der Waals surface area contributed by atoms with Gasteiger partial charge in [-0.1, -0.05) is 6.92 Å². The fourth-order valence-corrected chi connectivity index (χ4v) is 1.17. The van der Waals surface area contributed by atoms with Gasteiger partial charge in [0.1, 0.15) is 5.82 Å². The van der Waals surface area contributed by atoms with Crippen molar-refractivity contribution in [2.24, 2.45) is 0 Å². The number of ether oxygens (including phenoxy) is 1. The number of nitrogens with zero attached hydrogens (tertiary/aromatic N) is 2. The van der Waals surface area contributed by atoms with Crippen LogP contribution in [0.1, 0.15) is 19.8 Å². The molecule has 1 heterocycles. The summed E-state index contributed by atoms with van der Waals surface area (Å²) >= 11 is 0. The van der Waals surface area contributed by atoms with Crippen LogP contribution >= 0.6 is 0 Å². The van der Waals surface area contributed by atoms with Gasteiger partial charge in [-0.3, -0.25) is 4.79 Å². The number of rotatable bonds is 7. The number of hydrogen-bond acceptors (Lipinski definition) is 6. The van der Waals surface area contributed by atoms with Gasteiger partial charge >= 0.3 is 5.97 Å². The summed E-state index contributed by atoms with van der Waals surface area (Å²) in [4.78, 5) is 19.2. The number of carbonyl (C=O) groups is 1. The second-order valence-corrected chi connectivity index (χ2v) is 3.45. The lowest BCUT2D eigenvalue weighted by Gasteiger charge is -2.07. The lowest BCUT2D eigenvalue weighted by atomic mass is 10.4. The molecule has 94 valence electrons. The molecule has 17 heavy (non-hydrogen) atoms. The van der Waals surface area contributed by atoms with Gasteiger partial charge in [0.2, 0.25) is 5.95 Å². The first-order valence-electron chi connectivity index (χ1n) is 5.64. The van der Waals surface area contributed by atoms with Crippen LogP contribution in [0.15, 0.2) is 12.3 Å². The van der Waals surface area contributed by atoms with E-state index in [1.54, 1.807) is 12.3 Å². The highest BCUT2D eigenvalue weighted by atomic mass is 16.5. The lowest BCUT2D eigenvalue weighted by molar-refractivity contribution is -0.140. The summed E-state index contributed by atoms with van der Waals surface area (Å²) in [6.07, 6.45) is 3.01. The number of esters is 1. The average Bonchev–Trinajstić information content (AvgIpc) is 2.36. The maximum absolute atomic E-state index is 10.9. The molecule has 1 aromatic rings. The quantitative estimate of drug-likeness (QED) is 0.697. The molecule has 0 aliphatic heterocycles. The van der Waals surface area contributed by atoms with Crippen LogP contribution in [-0.4, -0.2) is 36.1 Å². The van der Waals surface area contributed by atoms with E-state index in [0.29, 0.717) is 24.7 Å². The Morgan fingerprint density at radius 2 is 2.24 bits per heavy atom. The van der Waals surface area contributed by atoms with Crippen LogP contribution in [0.2, 0.25) is 0 Å². The van der Waals surface area contributed by atoms with Crippen LogP contribution in [0.3, 0.4) is 0 Å². The zero-order chi connectivity index (χ0) is 12.5. The van der Waals surface area contributed by atoms with Crippen LogP contribution in [0.25, 0.3) is 0 Å². The molecule has 0 fully saturated rings. The first kappa shape index (κ1) is 13.2. The average molecular weight is 238 g/mol. The Kier molecular flexibility index (Phi) is 5.77. The Hall–Kier alpha value is -1.85. The fourth-order valence-electron chi connectivity index (χ4n) is 1.17. The number of anilines is 2. The van der Waals surface area contributed by atoms with Crippen LogP contribution in [-0.2, 0) is 9.53 Å². The van der Waals surface area contributed by atoms with Crippen LogP contribution in [0, 0.1) is 0 Å². The number of hydrogen-bond donors (Lipinski definition) is 2. The van der Waals surface area contributed by atoms with Crippen molar-refractivity contribution in [3.8, 4) is 0 Å². The van der Waals surface area contributed by atoms with E-state index in [1.165, 1.54) is 7.11 Å². The highest BCUT2D eigenvalue weighted by Crippen LogP contribution is 2.05. The maximum atomic E-state index is 10.9. The molecule has 2 N–H and O–H groups in total. The SMILES string of the molecule is CCCNc1nccc(NCCC(=O)OC)n1. The standard InChI is InChI=1S/C11H18N4O2/c1-3-6-13-11-14-7-4-9(15-11)12-8-5-10(16)17-2/h4,7H,3,5-6,8H2,1-2H3,(H2,12,13,14,15). The molecule has 0 saturated carbocycles. The minimum Gasteiger partial charge on any atom is -0.469 e. The molecular formula is C11H18N4O2. The second kappa shape index (κ2) is 7.43. The molecule has 0 aliphatic carbocycles. The highest BCUT2D eigenvalue weighted by Gasteiger charge is 2.01. The van der Waals surface area contributed by atoms with Gasteiger partial charge < -0.3 is 15.4 Å². The second-order valence-electron chi connectivity index (χ2n) is 3.45. The summed E-state index contributed by atoms with van der Waals surface area (Å²) in [6.45, 7) is 3.41. The van der Waals surface area contributed by atoms with Gasteiger partial charge in [-0.25, -0.2) is 4.98 Å². The van der Waals surface area contributed by atoms with Crippen molar-refractivity contribution in [2.75, 3.05) is 30.8 Å². The molecule has 1 aromatic heterocycles. The first-order chi connectivity index (χ1) is 8.26. The van der Waals surface area contributed by atoms with Crippen molar-refractivity contribution in [3.05, 3.63) is 12.3 Å². The predicted octanol–water partition coefficient (Wildman–Crippen LogP) is 1.27. The Morgan fingerprint density at radius 3 is 2.94 bits per heavy atom. The Morgan fingerprint density at radius 1 is 1.41 bits per heavy atom. The van der Waals surface area contributed by atoms with Gasteiger partial charge in [-0.15, -0.1) is 0 Å². The molecule has 0 unspecified atom stereocenters. The van der Waals surface area contributed by atoms with Crippen LogP contribution in [0.5, 0.6) is 0 Å². The van der Waals surface area contributed by atoms with E-state index in [0.717, 1.165) is 13.0 Å². The van der Waals surface area contributed by atoms with Crippen molar-refractivity contribution in [2.45, 2.75) is 19.8 Å². The number of carbonyl (C=O) groups excluding carboxylic acids is 1. The van der Waals surface area contributed by atoms with Gasteiger partial charge in [-0.2, -0.15) is 4.98 Å². The molecular weight excluding hydrogens is 220 g/mol. The number of methoxy groups -OCH3 is 1. The summed E-state index contributed by atoms with van der Waals surface area (Å²) in [7, 11) is 1.37. The van der Waals surface area contributed by atoms with Crippen LogP contribution in [0.4, 0.5) is 11.8 Å². The summed E-state index contributed by atoms with van der Waals surface area (Å²) in [6, 6.07) is 1.76. The van der Waals surface area contributed by atoms with Crippen LogP contribution < -0.4 is 10.6 Å². The fraction of sp³-hybridized carbons (Fsp3) is 0.545. The van der Waals surface area contributed by atoms with E-state index in [1.807, 2.05) is 0 Å². The van der Waals surface area contributed by atoms with E-state index in [-0.39, 0.29) is 5.97 Å². The van der Waals surface area contributed by atoms with Gasteiger partial charge in [0.15, 0.2) is 0 Å². The monoisotopic (exact) mass is 238 g/mol. The van der Waals surface area contributed by atoms with Gasteiger partial charge in [0.25, 0.3) is 0 Å². The summed E-state index contributed by atoms with van der Waals surface area (Å²) in [5, 5.41) is 6.13. The topological polar surface area (TPSA) is 76.1 Å². The first-order valence-corrected chi connectivity index (χ1v) is 5.64. The molecule has 0 bridgehead atoms. The van der Waals surface area contributed by atoms with E-state index in [4.69, 9.17) is 0 Å².